The lowest BCUT2D eigenvalue weighted by Crippen LogP contribution is -2.43. The first-order valence-electron chi connectivity index (χ1n) is 9.87. The van der Waals surface area contributed by atoms with E-state index in [4.69, 9.17) is 13.3 Å². The Balaban J connectivity index is 2.21. The molecule has 0 spiro atoms. The average Bonchev–Trinajstić information content (AvgIpc) is 2.74. The standard InChI is InChI=1S/C22H33NO4Si2/c1-23(2)19-12-13-20(21(16-19)28(6)7)22(24)18-10-8-17(9-11-18)14-15-29(25-3,26-4)27-5/h8-13,16,28H,14-15H2,1-7H3. The van der Waals surface area contributed by atoms with Crippen LogP contribution in [0.1, 0.15) is 21.5 Å². The Kier molecular flexibility index (Phi) is 8.36. The molecule has 0 saturated heterocycles. The highest BCUT2D eigenvalue weighted by Crippen LogP contribution is 2.19. The number of aryl methyl sites for hydroxylation is 1. The van der Waals surface area contributed by atoms with Gasteiger partial charge in [0.1, 0.15) is 0 Å². The molecule has 0 unspecified atom stereocenters. The molecular formula is C22H33NO4Si2. The van der Waals surface area contributed by atoms with Crippen molar-refractivity contribution in [2.45, 2.75) is 25.6 Å². The molecule has 0 saturated carbocycles. The quantitative estimate of drug-likeness (QED) is 0.427. The Labute approximate surface area is 177 Å². The summed E-state index contributed by atoms with van der Waals surface area (Å²) in [6.07, 6.45) is 0.776. The van der Waals surface area contributed by atoms with Crippen LogP contribution in [-0.2, 0) is 19.7 Å². The molecule has 0 atom stereocenters. The largest absolute Gasteiger partial charge is 0.500 e. The molecule has 0 aliphatic carbocycles. The van der Waals surface area contributed by atoms with E-state index in [-0.39, 0.29) is 5.78 Å². The third-order valence-corrected chi connectivity index (χ3v) is 9.74. The summed E-state index contributed by atoms with van der Waals surface area (Å²) in [5, 5.41) is 1.21. The van der Waals surface area contributed by atoms with Crippen LogP contribution in [0.3, 0.4) is 0 Å². The smallest absolute Gasteiger partial charge is 0.378 e. The van der Waals surface area contributed by atoms with Crippen molar-refractivity contribution in [3.05, 3.63) is 59.2 Å². The normalized spacial score (nSPS) is 11.7. The van der Waals surface area contributed by atoms with Gasteiger partial charge >= 0.3 is 8.80 Å². The van der Waals surface area contributed by atoms with Crippen LogP contribution in [0.2, 0.25) is 19.1 Å². The molecule has 0 radical (unpaired) electrons. The maximum Gasteiger partial charge on any atom is 0.500 e. The number of hydrogen-bond donors (Lipinski definition) is 0. The number of rotatable bonds is 10. The van der Waals surface area contributed by atoms with Crippen LogP contribution in [0.15, 0.2) is 42.5 Å². The zero-order valence-corrected chi connectivity index (χ0v) is 20.8. The Bertz CT molecular complexity index is 810. The van der Waals surface area contributed by atoms with Crippen molar-refractivity contribution in [1.82, 2.24) is 0 Å². The number of ketones is 1. The molecule has 5 nitrogen and oxygen atoms in total. The molecule has 29 heavy (non-hydrogen) atoms. The zero-order chi connectivity index (χ0) is 21.6. The maximum absolute atomic E-state index is 13.2. The van der Waals surface area contributed by atoms with E-state index in [2.05, 4.69) is 24.1 Å². The van der Waals surface area contributed by atoms with Gasteiger partial charge < -0.3 is 18.2 Å². The third-order valence-electron chi connectivity index (χ3n) is 5.29. The van der Waals surface area contributed by atoms with E-state index in [1.54, 1.807) is 21.3 Å². The first kappa shape index (κ1) is 23.5. The molecule has 2 aromatic carbocycles. The lowest BCUT2D eigenvalue weighted by Gasteiger charge is -2.24. The number of benzene rings is 2. The topological polar surface area (TPSA) is 48.0 Å². The van der Waals surface area contributed by atoms with Gasteiger partial charge in [-0.25, -0.2) is 0 Å². The van der Waals surface area contributed by atoms with Gasteiger partial charge in [0.15, 0.2) is 5.78 Å². The number of carbonyl (C=O) groups excluding carboxylic acids is 1. The van der Waals surface area contributed by atoms with Crippen LogP contribution >= 0.6 is 0 Å². The van der Waals surface area contributed by atoms with Gasteiger partial charge in [-0.1, -0.05) is 42.5 Å². The van der Waals surface area contributed by atoms with Crippen molar-refractivity contribution >= 4 is 34.3 Å². The molecule has 0 bridgehead atoms. The Morgan fingerprint density at radius 1 is 0.966 bits per heavy atom. The van der Waals surface area contributed by atoms with E-state index in [1.807, 2.05) is 50.5 Å². The van der Waals surface area contributed by atoms with Gasteiger partial charge in [-0.2, -0.15) is 0 Å². The highest BCUT2D eigenvalue weighted by molar-refractivity contribution is 6.72. The van der Waals surface area contributed by atoms with Crippen LogP contribution in [0.4, 0.5) is 5.69 Å². The minimum Gasteiger partial charge on any atom is -0.378 e. The minimum atomic E-state index is -2.59. The summed E-state index contributed by atoms with van der Waals surface area (Å²) in [6.45, 7) is 4.51. The minimum absolute atomic E-state index is 0.0902. The molecule has 0 heterocycles. The highest BCUT2D eigenvalue weighted by Gasteiger charge is 2.37. The van der Waals surface area contributed by atoms with Crippen LogP contribution in [0.5, 0.6) is 0 Å². The first-order chi connectivity index (χ1) is 13.8. The predicted octanol–water partition coefficient (Wildman–Crippen LogP) is 3.10. The average molecular weight is 432 g/mol. The summed E-state index contributed by atoms with van der Waals surface area (Å²) < 4.78 is 16.4. The number of nitrogens with zero attached hydrogens (tertiary/aromatic N) is 1. The Morgan fingerprint density at radius 3 is 2.03 bits per heavy atom. The summed E-state index contributed by atoms with van der Waals surface area (Å²) in [4.78, 5) is 15.3. The molecule has 2 rings (SSSR count). The van der Waals surface area contributed by atoms with Crippen molar-refractivity contribution in [2.24, 2.45) is 0 Å². The number of carbonyl (C=O) groups is 1. The monoisotopic (exact) mass is 431 g/mol. The molecule has 158 valence electrons. The van der Waals surface area contributed by atoms with Gasteiger partial charge in [0.05, 0.1) is 8.80 Å². The molecule has 0 aliphatic rings. The van der Waals surface area contributed by atoms with Crippen LogP contribution in [0, 0.1) is 0 Å². The highest BCUT2D eigenvalue weighted by atomic mass is 28.4. The first-order valence-corrected chi connectivity index (χ1v) is 14.7. The number of anilines is 1. The SMILES string of the molecule is CO[Si](CCc1ccc(C(=O)c2ccc(N(C)C)cc2[SiH](C)C)cc1)(OC)OC. The third kappa shape index (κ3) is 5.64. The Hall–Kier alpha value is -1.78. The van der Waals surface area contributed by atoms with Gasteiger partial charge in [-0.05, 0) is 30.2 Å². The second kappa shape index (κ2) is 10.3. The van der Waals surface area contributed by atoms with Crippen LogP contribution < -0.4 is 10.1 Å². The van der Waals surface area contributed by atoms with E-state index in [9.17, 15) is 4.79 Å². The molecule has 0 N–H and O–H groups in total. The van der Waals surface area contributed by atoms with E-state index in [0.717, 1.165) is 28.8 Å². The summed E-state index contributed by atoms with van der Waals surface area (Å²) in [7, 11) is 5.17. The Morgan fingerprint density at radius 2 is 1.55 bits per heavy atom. The lowest BCUT2D eigenvalue weighted by molar-refractivity contribution is 0.103. The van der Waals surface area contributed by atoms with Gasteiger partial charge in [0.25, 0.3) is 0 Å². The van der Waals surface area contributed by atoms with Crippen LogP contribution in [-0.4, -0.2) is 58.8 Å². The molecule has 0 fully saturated rings. The summed E-state index contributed by atoms with van der Waals surface area (Å²) in [5.41, 5.74) is 3.81. The van der Waals surface area contributed by atoms with Crippen molar-refractivity contribution < 1.29 is 18.1 Å². The summed E-state index contributed by atoms with van der Waals surface area (Å²) in [6, 6.07) is 14.7. The van der Waals surface area contributed by atoms with E-state index < -0.39 is 17.6 Å². The predicted molar refractivity (Wildman–Crippen MR) is 124 cm³/mol. The van der Waals surface area contributed by atoms with Crippen molar-refractivity contribution in [3.63, 3.8) is 0 Å². The van der Waals surface area contributed by atoms with Gasteiger partial charge in [0.2, 0.25) is 0 Å². The molecular weight excluding hydrogens is 398 g/mol. The van der Waals surface area contributed by atoms with E-state index >= 15 is 0 Å². The molecule has 7 heteroatoms. The second-order valence-electron chi connectivity index (χ2n) is 7.64. The zero-order valence-electron chi connectivity index (χ0n) is 18.6. The number of hydrogen-bond acceptors (Lipinski definition) is 5. The fraction of sp³-hybridized carbons (Fsp3) is 0.409. The lowest BCUT2D eigenvalue weighted by atomic mass is 10.0. The van der Waals surface area contributed by atoms with Crippen LogP contribution in [0.25, 0.3) is 0 Å². The van der Waals surface area contributed by atoms with E-state index in [1.165, 1.54) is 5.19 Å². The van der Waals surface area contributed by atoms with Crippen molar-refractivity contribution in [1.29, 1.82) is 0 Å². The molecule has 2 aromatic rings. The van der Waals surface area contributed by atoms with Crippen molar-refractivity contribution in [2.75, 3.05) is 40.3 Å². The van der Waals surface area contributed by atoms with E-state index in [0.29, 0.717) is 6.04 Å². The second-order valence-corrected chi connectivity index (χ2v) is 13.7. The van der Waals surface area contributed by atoms with Gasteiger partial charge in [0, 0.05) is 58.3 Å². The van der Waals surface area contributed by atoms with Crippen molar-refractivity contribution in [3.8, 4) is 0 Å². The molecule has 0 aromatic heterocycles. The van der Waals surface area contributed by atoms with Gasteiger partial charge in [-0.15, -0.1) is 0 Å². The summed E-state index contributed by atoms with van der Waals surface area (Å²) in [5.74, 6) is 0.0902. The molecule has 0 amide bonds. The maximum atomic E-state index is 13.2. The molecule has 0 aliphatic heterocycles. The summed E-state index contributed by atoms with van der Waals surface area (Å²) >= 11 is 0. The fourth-order valence-corrected chi connectivity index (χ4v) is 6.41. The van der Waals surface area contributed by atoms with Gasteiger partial charge in [-0.3, -0.25) is 4.79 Å². The fourth-order valence-electron chi connectivity index (χ4n) is 3.34.